The number of allylic oxidation sites excluding steroid dienone is 8. The lowest BCUT2D eigenvalue weighted by molar-refractivity contribution is -0.219. The van der Waals surface area contributed by atoms with E-state index in [0.717, 1.165) is 0 Å². The van der Waals surface area contributed by atoms with Gasteiger partial charge in [-0.3, -0.25) is 19.2 Å². The number of fused-ring (bicyclic) bond motifs is 10. The van der Waals surface area contributed by atoms with Gasteiger partial charge in [0.1, 0.15) is 24.4 Å². The van der Waals surface area contributed by atoms with Crippen LogP contribution in [-0.4, -0.2) is 102 Å². The Kier molecular flexibility index (Phi) is 9.53. The van der Waals surface area contributed by atoms with E-state index < -0.39 is 105 Å². The Morgan fingerprint density at radius 1 is 0.661 bits per heavy atom. The molecule has 0 unspecified atom stereocenters. The number of alkyl halides is 2. The topological polar surface area (TPSA) is 190 Å². The molecule has 0 amide bonds. The molecule has 16 atom stereocenters. The van der Waals surface area contributed by atoms with Crippen LogP contribution in [0.3, 0.4) is 0 Å². The second kappa shape index (κ2) is 12.9. The van der Waals surface area contributed by atoms with Gasteiger partial charge in [0.2, 0.25) is 0 Å². The molecule has 0 spiro atoms. The maximum Gasteiger partial charge on any atom is 0.190 e. The van der Waals surface area contributed by atoms with Gasteiger partial charge >= 0.3 is 0 Å². The number of ketones is 4. The molecule has 0 saturated heterocycles. The summed E-state index contributed by atoms with van der Waals surface area (Å²) in [5, 5.41) is 63.9. The fraction of sp³-hybridized carbons (Fsp3) is 0.727. The highest BCUT2D eigenvalue weighted by Crippen LogP contribution is 2.72. The normalized spacial score (nSPS) is 52.5. The van der Waals surface area contributed by atoms with Crippen LogP contribution in [0.1, 0.15) is 92.9 Å². The van der Waals surface area contributed by atoms with Gasteiger partial charge in [0.05, 0.1) is 12.2 Å². The molecule has 8 aliphatic rings. The van der Waals surface area contributed by atoms with Crippen molar-refractivity contribution in [1.82, 2.24) is 0 Å². The number of aliphatic hydroxyl groups is 6. The molecule has 0 bridgehead atoms. The third-order valence-corrected chi connectivity index (χ3v) is 17.6. The summed E-state index contributed by atoms with van der Waals surface area (Å²) in [7, 11) is 0. The smallest absolute Gasteiger partial charge is 0.190 e. The van der Waals surface area contributed by atoms with Crippen molar-refractivity contribution in [2.45, 2.75) is 128 Å². The Labute approximate surface area is 326 Å². The van der Waals surface area contributed by atoms with Crippen LogP contribution < -0.4 is 0 Å². The van der Waals surface area contributed by atoms with Gasteiger partial charge in [-0.2, -0.15) is 0 Å². The van der Waals surface area contributed by atoms with E-state index in [-0.39, 0.29) is 36.2 Å². The van der Waals surface area contributed by atoms with E-state index in [9.17, 15) is 49.8 Å². The lowest BCUT2D eigenvalue weighted by atomic mass is 9.44. The third-order valence-electron chi connectivity index (χ3n) is 17.6. The van der Waals surface area contributed by atoms with Crippen LogP contribution in [0.4, 0.5) is 8.78 Å². The summed E-state index contributed by atoms with van der Waals surface area (Å²) >= 11 is 0. The minimum atomic E-state index is -1.98. The van der Waals surface area contributed by atoms with Gasteiger partial charge in [-0.05, 0) is 113 Å². The summed E-state index contributed by atoms with van der Waals surface area (Å²) in [4.78, 5) is 48.8. The quantitative estimate of drug-likeness (QED) is 0.245. The lowest BCUT2D eigenvalue weighted by Crippen LogP contribution is -2.69. The number of rotatable bonds is 4. The minimum absolute atomic E-state index is 0.0676. The first-order chi connectivity index (χ1) is 25.9. The standard InChI is InChI=1S/2C22H29FO5/c2*1-12-8-16-15-5-4-13-9-14(25)6-7-19(13,2)21(15,23)17(26)10-20(16,3)22(12,28)18(27)11-24/h2*6-7,9,12,15-17,24,26,28H,4-5,8,10-11H2,1-3H3/t12-,15+,16+,17+,19+,20+,21+,22+;12-,15-,16-,17-,19-,20-,21-,22-/m10/s1. The maximum absolute atomic E-state index is 16.9. The summed E-state index contributed by atoms with van der Waals surface area (Å²) in [6, 6.07) is 0. The zero-order chi connectivity index (χ0) is 41.4. The largest absolute Gasteiger partial charge is 0.390 e. The first-order valence-electron chi connectivity index (χ1n) is 20.3. The molecule has 308 valence electrons. The van der Waals surface area contributed by atoms with Crippen molar-refractivity contribution in [2.24, 2.45) is 57.2 Å². The number of hydrogen-bond donors (Lipinski definition) is 6. The van der Waals surface area contributed by atoms with E-state index in [2.05, 4.69) is 0 Å². The summed E-state index contributed by atoms with van der Waals surface area (Å²) < 4.78 is 33.7. The van der Waals surface area contributed by atoms with Crippen LogP contribution in [0.5, 0.6) is 0 Å². The van der Waals surface area contributed by atoms with Crippen LogP contribution in [0.25, 0.3) is 0 Å². The second-order valence-corrected chi connectivity index (χ2v) is 19.5. The molecule has 0 aromatic carbocycles. The molecule has 0 aromatic heterocycles. The zero-order valence-electron chi connectivity index (χ0n) is 33.2. The Balaban J connectivity index is 0.000000172. The Morgan fingerprint density at radius 3 is 1.32 bits per heavy atom. The van der Waals surface area contributed by atoms with Gasteiger partial charge < -0.3 is 30.6 Å². The third kappa shape index (κ3) is 4.74. The molecule has 6 saturated carbocycles. The Bertz CT molecular complexity index is 1740. The first kappa shape index (κ1) is 41.4. The van der Waals surface area contributed by atoms with E-state index >= 15 is 8.78 Å². The molecule has 12 heteroatoms. The average Bonchev–Trinajstić information content (AvgIpc) is 3.48. The van der Waals surface area contributed by atoms with E-state index in [4.69, 9.17) is 0 Å². The van der Waals surface area contributed by atoms with Gasteiger partial charge in [0.15, 0.2) is 34.5 Å². The highest BCUT2D eigenvalue weighted by Gasteiger charge is 2.77. The van der Waals surface area contributed by atoms with Crippen LogP contribution in [0, 0.1) is 57.2 Å². The summed E-state index contributed by atoms with van der Waals surface area (Å²) in [5.74, 6) is -4.24. The number of carbonyl (C=O) groups is 4. The molecule has 8 aliphatic carbocycles. The number of Topliss-reactive ketones (excluding diaryl/α,β-unsaturated/α-hetero) is 2. The van der Waals surface area contributed by atoms with Gasteiger partial charge in [0.25, 0.3) is 0 Å². The van der Waals surface area contributed by atoms with Crippen LogP contribution in [0.2, 0.25) is 0 Å². The van der Waals surface area contributed by atoms with Crippen molar-refractivity contribution in [3.63, 3.8) is 0 Å². The fourth-order valence-corrected chi connectivity index (χ4v) is 14.5. The lowest BCUT2D eigenvalue weighted by Gasteiger charge is -2.62. The predicted molar refractivity (Wildman–Crippen MR) is 200 cm³/mol. The Morgan fingerprint density at radius 2 is 1.00 bits per heavy atom. The Hall–Kier alpha value is -2.74. The van der Waals surface area contributed by atoms with Gasteiger partial charge in [0, 0.05) is 33.5 Å². The van der Waals surface area contributed by atoms with E-state index in [0.29, 0.717) is 49.7 Å². The van der Waals surface area contributed by atoms with Crippen molar-refractivity contribution in [3.8, 4) is 0 Å². The second-order valence-electron chi connectivity index (χ2n) is 19.5. The number of aliphatic hydroxyl groups excluding tert-OH is 4. The monoisotopic (exact) mass is 784 g/mol. The highest BCUT2D eigenvalue weighted by molar-refractivity contribution is 6.02. The fourth-order valence-electron chi connectivity index (χ4n) is 14.5. The molecule has 0 aliphatic heterocycles. The van der Waals surface area contributed by atoms with E-state index in [1.165, 1.54) is 24.3 Å². The zero-order valence-corrected chi connectivity index (χ0v) is 33.2. The van der Waals surface area contributed by atoms with Crippen molar-refractivity contribution < 1.29 is 58.6 Å². The molecule has 6 N–H and O–H groups in total. The van der Waals surface area contributed by atoms with E-state index in [1.54, 1.807) is 53.7 Å². The molecule has 0 heterocycles. The first-order valence-corrected chi connectivity index (χ1v) is 20.3. The molecular formula is C44H58F2O10. The summed E-state index contributed by atoms with van der Waals surface area (Å²) in [6.07, 6.45) is 8.88. The molecular weight excluding hydrogens is 726 g/mol. The number of carbonyl (C=O) groups excluding carboxylic acids is 4. The molecule has 6 fully saturated rings. The average molecular weight is 785 g/mol. The highest BCUT2D eigenvalue weighted by atomic mass is 19.1. The molecule has 10 nitrogen and oxygen atoms in total. The predicted octanol–water partition coefficient (Wildman–Crippen LogP) is 3.79. The molecule has 8 rings (SSSR count). The van der Waals surface area contributed by atoms with Crippen LogP contribution >= 0.6 is 0 Å². The molecule has 0 aromatic rings. The van der Waals surface area contributed by atoms with Gasteiger partial charge in [-0.15, -0.1) is 0 Å². The van der Waals surface area contributed by atoms with Crippen molar-refractivity contribution in [3.05, 3.63) is 47.6 Å². The minimum Gasteiger partial charge on any atom is -0.390 e. The molecule has 56 heavy (non-hydrogen) atoms. The summed E-state index contributed by atoms with van der Waals surface area (Å²) in [6.45, 7) is 8.96. The van der Waals surface area contributed by atoms with Crippen molar-refractivity contribution in [2.75, 3.05) is 13.2 Å². The van der Waals surface area contributed by atoms with Crippen LogP contribution in [-0.2, 0) is 19.2 Å². The number of hydrogen-bond acceptors (Lipinski definition) is 10. The maximum atomic E-state index is 16.9. The number of halogens is 2. The summed E-state index contributed by atoms with van der Waals surface area (Å²) in [5.41, 5.74) is -10.3. The SMILES string of the molecule is C[C@@H]1C[C@H]2[C@@H]3CCC4=CC(=O)C=C[C@]4(C)[C@@]3(F)[C@@H](O)C[C@]2(C)[C@@]1(O)C(=O)CO.C[C@H]1C[C@H]2[C@@H]3CCC4=CC(=O)C=C[C@]4(C)[C@@]3(F)[C@@H](O)C[C@]2(C)[C@@]1(O)C(=O)CO. The molecule has 0 radical (unpaired) electrons. The van der Waals surface area contributed by atoms with Gasteiger partial charge in [-0.25, -0.2) is 8.78 Å². The van der Waals surface area contributed by atoms with Gasteiger partial charge in [-0.1, -0.05) is 51.0 Å². The van der Waals surface area contributed by atoms with Crippen LogP contribution in [0.15, 0.2) is 47.6 Å². The van der Waals surface area contributed by atoms with Crippen molar-refractivity contribution in [1.29, 1.82) is 0 Å². The van der Waals surface area contributed by atoms with Crippen molar-refractivity contribution >= 4 is 23.1 Å². The van der Waals surface area contributed by atoms with E-state index in [1.807, 2.05) is 0 Å².